The van der Waals surface area contributed by atoms with Crippen molar-refractivity contribution in [1.29, 1.82) is 5.26 Å². The predicted octanol–water partition coefficient (Wildman–Crippen LogP) is 4.36. The molecule has 5 aromatic rings. The van der Waals surface area contributed by atoms with Gasteiger partial charge in [0.25, 0.3) is 11.5 Å². The minimum Gasteiger partial charge on any atom is -0.497 e. The predicted molar refractivity (Wildman–Crippen MR) is 159 cm³/mol. The second-order valence-electron chi connectivity index (χ2n) is 9.57. The molecule has 1 amide bonds. The van der Waals surface area contributed by atoms with Gasteiger partial charge in [-0.3, -0.25) is 14.2 Å². The normalized spacial score (nSPS) is 14.9. The van der Waals surface area contributed by atoms with E-state index in [2.05, 4.69) is 11.4 Å². The highest BCUT2D eigenvalue weighted by atomic mass is 32.1. The zero-order chi connectivity index (χ0) is 28.5. The smallest absolute Gasteiger partial charge is 0.271 e. The molecule has 0 aliphatic carbocycles. The van der Waals surface area contributed by atoms with Crippen molar-refractivity contribution < 1.29 is 9.53 Å². The number of hydrogen-bond donors (Lipinski definition) is 1. The first-order valence-corrected chi connectivity index (χ1v) is 13.8. The van der Waals surface area contributed by atoms with Crippen molar-refractivity contribution in [3.8, 4) is 11.8 Å². The molecule has 1 atom stereocenters. The van der Waals surface area contributed by atoms with Gasteiger partial charge in [-0.05, 0) is 48.9 Å². The van der Waals surface area contributed by atoms with E-state index in [9.17, 15) is 14.9 Å². The summed E-state index contributed by atoms with van der Waals surface area (Å²) in [6.45, 7) is 1.99. The molecule has 0 spiro atoms. The van der Waals surface area contributed by atoms with Crippen LogP contribution in [0, 0.1) is 11.3 Å². The molecule has 1 aliphatic rings. The molecule has 8 nitrogen and oxygen atoms in total. The van der Waals surface area contributed by atoms with Crippen LogP contribution in [-0.4, -0.2) is 22.2 Å². The Balaban J connectivity index is 1.54. The van der Waals surface area contributed by atoms with Crippen molar-refractivity contribution >= 4 is 39.9 Å². The van der Waals surface area contributed by atoms with Gasteiger partial charge in [0.15, 0.2) is 4.80 Å². The summed E-state index contributed by atoms with van der Waals surface area (Å²) in [5, 5.41) is 13.2. The molecular formula is C32H25N5O3S. The number of para-hydroxylation sites is 2. The van der Waals surface area contributed by atoms with Gasteiger partial charge in [0.05, 0.1) is 35.0 Å². The van der Waals surface area contributed by atoms with E-state index in [1.54, 1.807) is 18.6 Å². The number of carbonyl (C=O) groups excluding carboxylic acids is 1. The van der Waals surface area contributed by atoms with Gasteiger partial charge in [-0.15, -0.1) is 0 Å². The molecule has 1 aliphatic heterocycles. The Hall–Kier alpha value is -5.20. The van der Waals surface area contributed by atoms with Crippen LogP contribution in [0.5, 0.6) is 5.75 Å². The first-order valence-electron chi connectivity index (χ1n) is 13.0. The maximum Gasteiger partial charge on any atom is 0.271 e. The topological polar surface area (TPSA) is 101 Å². The van der Waals surface area contributed by atoms with Gasteiger partial charge >= 0.3 is 0 Å². The fourth-order valence-electron chi connectivity index (χ4n) is 5.20. The van der Waals surface area contributed by atoms with Gasteiger partial charge < -0.3 is 14.6 Å². The van der Waals surface area contributed by atoms with E-state index in [4.69, 9.17) is 9.73 Å². The maximum atomic E-state index is 14.1. The third-order valence-corrected chi connectivity index (χ3v) is 8.04. The van der Waals surface area contributed by atoms with Crippen LogP contribution in [0.25, 0.3) is 17.0 Å². The number of thiazole rings is 1. The number of amides is 1. The largest absolute Gasteiger partial charge is 0.497 e. The maximum absolute atomic E-state index is 14.1. The number of aromatic nitrogens is 2. The van der Waals surface area contributed by atoms with Crippen molar-refractivity contribution in [3.63, 3.8) is 0 Å². The summed E-state index contributed by atoms with van der Waals surface area (Å²) < 4.78 is 9.41. The number of allylic oxidation sites excluding steroid dienone is 1. The third kappa shape index (κ3) is 4.75. The summed E-state index contributed by atoms with van der Waals surface area (Å²) in [6, 6.07) is 25.8. The molecule has 3 aromatic carbocycles. The number of carbonyl (C=O) groups is 1. The average Bonchev–Trinajstić information content (AvgIpc) is 3.49. The van der Waals surface area contributed by atoms with Crippen molar-refractivity contribution in [2.45, 2.75) is 19.5 Å². The van der Waals surface area contributed by atoms with E-state index in [0.29, 0.717) is 32.0 Å². The molecule has 0 fully saturated rings. The van der Waals surface area contributed by atoms with Gasteiger partial charge in [0, 0.05) is 28.4 Å². The van der Waals surface area contributed by atoms with Crippen LogP contribution in [0.15, 0.2) is 106 Å². The Morgan fingerprint density at radius 3 is 2.68 bits per heavy atom. The second-order valence-corrected chi connectivity index (χ2v) is 10.6. The number of nitrogens with one attached hydrogen (secondary N) is 1. The average molecular weight is 560 g/mol. The van der Waals surface area contributed by atoms with Gasteiger partial charge in [0.2, 0.25) is 0 Å². The zero-order valence-electron chi connectivity index (χ0n) is 22.4. The molecule has 0 saturated heterocycles. The van der Waals surface area contributed by atoms with Crippen LogP contribution in [0.3, 0.4) is 0 Å². The Kier molecular flexibility index (Phi) is 6.83. The summed E-state index contributed by atoms with van der Waals surface area (Å²) in [4.78, 5) is 33.1. The molecular weight excluding hydrogens is 534 g/mol. The standard InChI is InChI=1S/C32H25N5O3S/c1-20-28(30(38)35-23-10-4-3-5-11-23)29(21-9-8-12-24(17-21)40-2)37-31(39)27(41-32(37)34-20)18-22-19-36(16-15-33)26-14-7-6-13-25(22)26/h3-14,17-19,29H,16H2,1-2H3,(H,35,38)/b27-18-/t29-/m1/s1. The molecule has 0 saturated carbocycles. The van der Waals surface area contributed by atoms with Crippen LogP contribution in [0.4, 0.5) is 5.69 Å². The minimum atomic E-state index is -0.716. The van der Waals surface area contributed by atoms with Crippen molar-refractivity contribution in [2.24, 2.45) is 4.99 Å². The van der Waals surface area contributed by atoms with Crippen LogP contribution >= 0.6 is 11.3 Å². The highest BCUT2D eigenvalue weighted by molar-refractivity contribution is 7.07. The number of ether oxygens (including phenoxy) is 1. The summed E-state index contributed by atoms with van der Waals surface area (Å²) in [5.74, 6) is 0.284. The molecule has 0 bridgehead atoms. The fourth-order valence-corrected chi connectivity index (χ4v) is 6.23. The quantitative estimate of drug-likeness (QED) is 0.334. The van der Waals surface area contributed by atoms with Crippen LogP contribution in [0.1, 0.15) is 24.1 Å². The number of nitriles is 1. The lowest BCUT2D eigenvalue weighted by molar-refractivity contribution is -0.113. The van der Waals surface area contributed by atoms with E-state index in [0.717, 1.165) is 22.0 Å². The van der Waals surface area contributed by atoms with Gasteiger partial charge in [0.1, 0.15) is 12.3 Å². The lowest BCUT2D eigenvalue weighted by Crippen LogP contribution is -2.40. The van der Waals surface area contributed by atoms with Crippen molar-refractivity contribution in [2.75, 3.05) is 12.4 Å². The van der Waals surface area contributed by atoms with Gasteiger partial charge in [-0.1, -0.05) is 59.9 Å². The third-order valence-electron chi connectivity index (χ3n) is 7.05. The van der Waals surface area contributed by atoms with Crippen molar-refractivity contribution in [1.82, 2.24) is 9.13 Å². The SMILES string of the molecule is COc1cccc([C@@H]2C(C(=O)Nc3ccccc3)=C(C)N=c3s/c(=C\c4cn(CC#N)c5ccccc45)c(=O)n32)c1. The first-order chi connectivity index (χ1) is 20.0. The monoisotopic (exact) mass is 559 g/mol. The Bertz CT molecular complexity index is 2060. The zero-order valence-corrected chi connectivity index (χ0v) is 23.2. The number of methoxy groups -OCH3 is 1. The number of rotatable bonds is 6. The molecule has 2 aromatic heterocycles. The molecule has 6 rings (SSSR count). The minimum absolute atomic E-state index is 0.199. The summed E-state index contributed by atoms with van der Waals surface area (Å²) in [5.41, 5.74) is 3.78. The fraction of sp³-hybridized carbons (Fsp3) is 0.125. The molecule has 9 heteroatoms. The number of hydrogen-bond acceptors (Lipinski definition) is 6. The molecule has 1 N–H and O–H groups in total. The number of nitrogens with zero attached hydrogens (tertiary/aromatic N) is 4. The van der Waals surface area contributed by atoms with E-state index < -0.39 is 6.04 Å². The number of fused-ring (bicyclic) bond motifs is 2. The van der Waals surface area contributed by atoms with E-state index in [1.807, 2.05) is 95.7 Å². The van der Waals surface area contributed by atoms with E-state index in [1.165, 1.54) is 11.3 Å². The van der Waals surface area contributed by atoms with Crippen LogP contribution in [0.2, 0.25) is 0 Å². The first kappa shape index (κ1) is 26.0. The van der Waals surface area contributed by atoms with Gasteiger partial charge in [-0.25, -0.2) is 4.99 Å². The summed E-state index contributed by atoms with van der Waals surface area (Å²) in [6.07, 6.45) is 3.72. The Morgan fingerprint density at radius 1 is 1.12 bits per heavy atom. The number of benzene rings is 3. The summed E-state index contributed by atoms with van der Waals surface area (Å²) >= 11 is 1.27. The molecule has 0 radical (unpaired) electrons. The van der Waals surface area contributed by atoms with Gasteiger partial charge in [-0.2, -0.15) is 5.26 Å². The molecule has 3 heterocycles. The molecule has 202 valence electrons. The molecule has 41 heavy (non-hydrogen) atoms. The Labute approximate surface area is 239 Å². The second kappa shape index (κ2) is 10.8. The van der Waals surface area contributed by atoms with E-state index in [-0.39, 0.29) is 18.0 Å². The number of anilines is 1. The molecule has 0 unspecified atom stereocenters. The lowest BCUT2D eigenvalue weighted by Gasteiger charge is -2.25. The highest BCUT2D eigenvalue weighted by Crippen LogP contribution is 2.32. The van der Waals surface area contributed by atoms with Crippen LogP contribution < -0.4 is 24.9 Å². The highest BCUT2D eigenvalue weighted by Gasteiger charge is 2.32. The Morgan fingerprint density at radius 2 is 1.90 bits per heavy atom. The lowest BCUT2D eigenvalue weighted by atomic mass is 9.95. The van der Waals surface area contributed by atoms with Crippen molar-refractivity contribution in [3.05, 3.63) is 127 Å². The van der Waals surface area contributed by atoms with Crippen LogP contribution in [-0.2, 0) is 11.3 Å². The summed E-state index contributed by atoms with van der Waals surface area (Å²) in [7, 11) is 1.58. The van der Waals surface area contributed by atoms with E-state index >= 15 is 0 Å².